The highest BCUT2D eigenvalue weighted by molar-refractivity contribution is 7.92. The summed E-state index contributed by atoms with van der Waals surface area (Å²) in [6.07, 6.45) is 0. The van der Waals surface area contributed by atoms with Crippen molar-refractivity contribution in [3.63, 3.8) is 0 Å². The van der Waals surface area contributed by atoms with E-state index >= 15 is 0 Å². The van der Waals surface area contributed by atoms with Crippen molar-refractivity contribution in [2.75, 3.05) is 0 Å². The second kappa shape index (κ2) is 5.33. The SMILES string of the molecule is NC1(C(=O)O)C(c2ccc(Cl)cc2)C1S(=O)(=O)c1ccccc1. The van der Waals surface area contributed by atoms with Crippen LogP contribution in [0.15, 0.2) is 59.5 Å². The van der Waals surface area contributed by atoms with Gasteiger partial charge in [-0.2, -0.15) is 0 Å². The fourth-order valence-corrected chi connectivity index (χ4v) is 5.32. The highest BCUT2D eigenvalue weighted by atomic mass is 35.5. The van der Waals surface area contributed by atoms with Crippen molar-refractivity contribution in [3.05, 3.63) is 65.2 Å². The molecule has 0 spiro atoms. The van der Waals surface area contributed by atoms with E-state index in [2.05, 4.69) is 0 Å². The second-order valence-electron chi connectivity index (χ2n) is 5.55. The van der Waals surface area contributed by atoms with Gasteiger partial charge in [0.25, 0.3) is 0 Å². The summed E-state index contributed by atoms with van der Waals surface area (Å²) in [4.78, 5) is 11.7. The Kier molecular flexibility index (Phi) is 3.71. The molecule has 2 aromatic rings. The number of carboxylic acid groups (broad SMARTS) is 1. The van der Waals surface area contributed by atoms with Crippen LogP contribution in [0.1, 0.15) is 11.5 Å². The molecule has 3 unspecified atom stereocenters. The van der Waals surface area contributed by atoms with Gasteiger partial charge < -0.3 is 10.8 Å². The summed E-state index contributed by atoms with van der Waals surface area (Å²) >= 11 is 5.83. The number of hydrogen-bond acceptors (Lipinski definition) is 4. The lowest BCUT2D eigenvalue weighted by molar-refractivity contribution is -0.139. The first-order valence-electron chi connectivity index (χ1n) is 6.86. The number of hydrogen-bond donors (Lipinski definition) is 2. The average Bonchev–Trinajstić information content (AvgIpc) is 3.18. The van der Waals surface area contributed by atoms with Gasteiger partial charge in [-0.05, 0) is 29.8 Å². The van der Waals surface area contributed by atoms with Crippen molar-refractivity contribution in [1.29, 1.82) is 0 Å². The molecule has 0 heterocycles. The molecule has 0 radical (unpaired) electrons. The molecule has 3 atom stereocenters. The van der Waals surface area contributed by atoms with E-state index in [1.165, 1.54) is 12.1 Å². The van der Waals surface area contributed by atoms with Crippen molar-refractivity contribution in [2.24, 2.45) is 5.73 Å². The number of carbonyl (C=O) groups is 1. The van der Waals surface area contributed by atoms with Gasteiger partial charge in [-0.15, -0.1) is 0 Å². The molecule has 0 bridgehead atoms. The molecule has 1 saturated carbocycles. The Labute approximate surface area is 138 Å². The lowest BCUT2D eigenvalue weighted by Crippen LogP contribution is -2.39. The van der Waals surface area contributed by atoms with Crippen LogP contribution in [-0.2, 0) is 14.6 Å². The molecule has 3 N–H and O–H groups in total. The Morgan fingerprint density at radius 2 is 1.65 bits per heavy atom. The number of benzene rings is 2. The van der Waals surface area contributed by atoms with E-state index in [-0.39, 0.29) is 4.90 Å². The number of sulfone groups is 1. The quantitative estimate of drug-likeness (QED) is 0.878. The average molecular weight is 352 g/mol. The molecule has 1 aliphatic carbocycles. The van der Waals surface area contributed by atoms with Crippen molar-refractivity contribution in [2.45, 2.75) is 21.6 Å². The molecule has 1 fully saturated rings. The highest BCUT2D eigenvalue weighted by Gasteiger charge is 2.74. The minimum absolute atomic E-state index is 0.0672. The second-order valence-corrected chi connectivity index (χ2v) is 8.05. The maximum Gasteiger partial charge on any atom is 0.325 e. The fourth-order valence-electron chi connectivity index (χ4n) is 2.94. The Morgan fingerprint density at radius 1 is 1.09 bits per heavy atom. The number of nitrogens with two attached hydrogens (primary N) is 1. The van der Waals surface area contributed by atoms with Crippen LogP contribution in [0.2, 0.25) is 5.02 Å². The maximum atomic E-state index is 12.8. The summed E-state index contributed by atoms with van der Waals surface area (Å²) in [5.41, 5.74) is 4.66. The summed E-state index contributed by atoms with van der Waals surface area (Å²) in [6, 6.07) is 14.1. The van der Waals surface area contributed by atoms with Gasteiger partial charge in [0.15, 0.2) is 9.84 Å². The van der Waals surface area contributed by atoms with E-state index < -0.39 is 32.5 Å². The lowest BCUT2D eigenvalue weighted by Gasteiger charge is -2.06. The fraction of sp³-hybridized carbons (Fsp3) is 0.188. The Balaban J connectivity index is 2.07. The summed E-state index contributed by atoms with van der Waals surface area (Å²) in [6.45, 7) is 0. The summed E-state index contributed by atoms with van der Waals surface area (Å²) in [7, 11) is -3.86. The third-order valence-electron chi connectivity index (χ3n) is 4.18. The van der Waals surface area contributed by atoms with Crippen LogP contribution in [0, 0.1) is 0 Å². The largest absolute Gasteiger partial charge is 0.480 e. The van der Waals surface area contributed by atoms with E-state index in [0.29, 0.717) is 10.6 Å². The Hall–Kier alpha value is -1.89. The first-order valence-corrected chi connectivity index (χ1v) is 8.78. The van der Waals surface area contributed by atoms with Gasteiger partial charge in [0.2, 0.25) is 0 Å². The zero-order chi connectivity index (χ0) is 16.8. The first kappa shape index (κ1) is 16.0. The molecule has 7 heteroatoms. The monoisotopic (exact) mass is 351 g/mol. The number of aliphatic carboxylic acids is 1. The smallest absolute Gasteiger partial charge is 0.325 e. The molecule has 0 saturated heterocycles. The molecule has 0 amide bonds. The molecule has 120 valence electrons. The molecule has 2 aromatic carbocycles. The molecule has 3 rings (SSSR count). The zero-order valence-electron chi connectivity index (χ0n) is 11.9. The van der Waals surface area contributed by atoms with E-state index in [9.17, 15) is 18.3 Å². The number of rotatable bonds is 4. The van der Waals surface area contributed by atoms with E-state index in [4.69, 9.17) is 17.3 Å². The van der Waals surface area contributed by atoms with Crippen molar-refractivity contribution in [3.8, 4) is 0 Å². The Morgan fingerprint density at radius 3 is 2.17 bits per heavy atom. The van der Waals surface area contributed by atoms with Crippen LogP contribution in [-0.4, -0.2) is 30.3 Å². The molecule has 1 aliphatic rings. The van der Waals surface area contributed by atoms with Crippen molar-refractivity contribution in [1.82, 2.24) is 0 Å². The maximum absolute atomic E-state index is 12.8. The van der Waals surface area contributed by atoms with Crippen LogP contribution in [0.3, 0.4) is 0 Å². The lowest BCUT2D eigenvalue weighted by atomic mass is 10.1. The van der Waals surface area contributed by atoms with Gasteiger partial charge in [-0.1, -0.05) is 41.9 Å². The van der Waals surface area contributed by atoms with Gasteiger partial charge in [-0.3, -0.25) is 4.79 Å². The van der Waals surface area contributed by atoms with Crippen molar-refractivity contribution >= 4 is 27.4 Å². The van der Waals surface area contributed by atoms with Gasteiger partial charge in [-0.25, -0.2) is 8.42 Å². The van der Waals surface area contributed by atoms with Gasteiger partial charge >= 0.3 is 5.97 Å². The molecular weight excluding hydrogens is 338 g/mol. The molecule has 23 heavy (non-hydrogen) atoms. The first-order chi connectivity index (χ1) is 10.8. The minimum atomic E-state index is -3.86. The third-order valence-corrected chi connectivity index (χ3v) is 6.70. The standard InChI is InChI=1S/C16H14ClNO4S/c17-11-8-6-10(7-9-11)13-14(16(13,18)15(19)20)23(21,22)12-4-2-1-3-5-12/h1-9,13-14H,18H2,(H,19,20). The summed E-state index contributed by atoms with van der Waals surface area (Å²) < 4.78 is 25.6. The van der Waals surface area contributed by atoms with E-state index in [1.807, 2.05) is 0 Å². The van der Waals surface area contributed by atoms with Crippen LogP contribution < -0.4 is 5.73 Å². The molecule has 5 nitrogen and oxygen atoms in total. The highest BCUT2D eigenvalue weighted by Crippen LogP contribution is 2.55. The predicted octanol–water partition coefficient (Wildman–Crippen LogP) is 2.06. The number of halogens is 1. The molecule has 0 aromatic heterocycles. The minimum Gasteiger partial charge on any atom is -0.480 e. The Bertz CT molecular complexity index is 851. The normalized spacial score (nSPS) is 26.7. The number of carboxylic acids is 1. The molecule has 0 aliphatic heterocycles. The van der Waals surface area contributed by atoms with Crippen LogP contribution >= 0.6 is 11.6 Å². The third kappa shape index (κ3) is 2.43. The topological polar surface area (TPSA) is 97.5 Å². The van der Waals surface area contributed by atoms with Crippen LogP contribution in [0.25, 0.3) is 0 Å². The molecular formula is C16H14ClNO4S. The zero-order valence-corrected chi connectivity index (χ0v) is 13.5. The van der Waals surface area contributed by atoms with Gasteiger partial charge in [0.05, 0.1) is 4.90 Å². The predicted molar refractivity (Wildman–Crippen MR) is 86.2 cm³/mol. The van der Waals surface area contributed by atoms with Crippen LogP contribution in [0.5, 0.6) is 0 Å². The summed E-state index contributed by atoms with van der Waals surface area (Å²) in [5.74, 6) is -2.15. The van der Waals surface area contributed by atoms with Crippen LogP contribution in [0.4, 0.5) is 0 Å². The van der Waals surface area contributed by atoms with E-state index in [1.54, 1.807) is 42.5 Å². The van der Waals surface area contributed by atoms with Gasteiger partial charge in [0, 0.05) is 10.9 Å². The van der Waals surface area contributed by atoms with Gasteiger partial charge in [0.1, 0.15) is 10.8 Å². The van der Waals surface area contributed by atoms with Crippen molar-refractivity contribution < 1.29 is 18.3 Å². The van der Waals surface area contributed by atoms with E-state index in [0.717, 1.165) is 0 Å². The summed E-state index contributed by atoms with van der Waals surface area (Å²) in [5, 5.41) is 8.73.